The molecule has 2 fully saturated rings. The first-order valence-electron chi connectivity index (χ1n) is 7.50. The lowest BCUT2D eigenvalue weighted by atomic mass is 9.88. The van der Waals surface area contributed by atoms with Crippen LogP contribution in [0.2, 0.25) is 0 Å². The maximum Gasteiger partial charge on any atom is 0.307 e. The van der Waals surface area contributed by atoms with E-state index in [9.17, 15) is 13.2 Å². The lowest BCUT2D eigenvalue weighted by molar-refractivity contribution is -0.151. The Labute approximate surface area is 126 Å². The lowest BCUT2D eigenvalue weighted by Crippen LogP contribution is -2.41. The average Bonchev–Trinajstić information content (AvgIpc) is 2.47. The largest absolute Gasteiger partial charge is 0.462 e. The van der Waals surface area contributed by atoms with Gasteiger partial charge in [0.05, 0.1) is 24.0 Å². The highest BCUT2D eigenvalue weighted by Crippen LogP contribution is 2.25. The Balaban J connectivity index is 1.63. The van der Waals surface area contributed by atoms with E-state index in [0.717, 1.165) is 25.7 Å². The summed E-state index contributed by atoms with van der Waals surface area (Å²) < 4.78 is 28.0. The summed E-state index contributed by atoms with van der Waals surface area (Å²) in [5.74, 6) is 0.250. The Bertz CT molecular complexity index is 490. The van der Waals surface area contributed by atoms with Gasteiger partial charge in [-0.25, -0.2) is 8.42 Å². The Kier molecular flexibility index (Phi) is 5.59. The number of nitriles is 1. The van der Waals surface area contributed by atoms with Crippen LogP contribution in [-0.4, -0.2) is 56.5 Å². The van der Waals surface area contributed by atoms with Crippen LogP contribution in [0.4, 0.5) is 0 Å². The quantitative estimate of drug-likeness (QED) is 0.711. The molecule has 0 spiro atoms. The summed E-state index contributed by atoms with van der Waals surface area (Å²) in [5, 5.41) is 8.82. The van der Waals surface area contributed by atoms with Gasteiger partial charge in [-0.3, -0.25) is 4.79 Å². The summed E-state index contributed by atoms with van der Waals surface area (Å²) in [4.78, 5) is 13.8. The van der Waals surface area contributed by atoms with Crippen molar-refractivity contribution >= 4 is 15.8 Å². The van der Waals surface area contributed by atoms with Crippen LogP contribution in [0, 0.1) is 17.2 Å². The summed E-state index contributed by atoms with van der Waals surface area (Å²) >= 11 is 0. The molecule has 0 bridgehead atoms. The molecule has 0 unspecified atom stereocenters. The van der Waals surface area contributed by atoms with Crippen molar-refractivity contribution in [2.45, 2.75) is 38.2 Å². The van der Waals surface area contributed by atoms with Gasteiger partial charge in [0.1, 0.15) is 6.10 Å². The van der Waals surface area contributed by atoms with Gasteiger partial charge in [-0.2, -0.15) is 5.26 Å². The Hall–Kier alpha value is -1.13. The highest BCUT2D eigenvalue weighted by atomic mass is 32.2. The molecule has 2 aliphatic rings. The average molecular weight is 314 g/mol. The molecular weight excluding hydrogens is 292 g/mol. The van der Waals surface area contributed by atoms with Crippen molar-refractivity contribution in [2.75, 3.05) is 31.1 Å². The highest BCUT2D eigenvalue weighted by Gasteiger charge is 2.25. The number of sulfone groups is 1. The van der Waals surface area contributed by atoms with E-state index in [4.69, 9.17) is 10.00 Å². The lowest BCUT2D eigenvalue weighted by Gasteiger charge is -2.27. The summed E-state index contributed by atoms with van der Waals surface area (Å²) in [6.07, 6.45) is 3.40. The van der Waals surface area contributed by atoms with Crippen LogP contribution >= 0.6 is 0 Å². The standard InChI is InChI=1S/C14H22N2O4S/c15-11-12-1-3-13(4-2-12)20-14(17)5-6-16-7-9-21(18,19)10-8-16/h12-13H,1-10H2. The van der Waals surface area contributed by atoms with E-state index in [0.29, 0.717) is 26.1 Å². The van der Waals surface area contributed by atoms with Crippen LogP contribution < -0.4 is 0 Å². The summed E-state index contributed by atoms with van der Waals surface area (Å²) in [6, 6.07) is 2.26. The zero-order chi connectivity index (χ0) is 15.3. The number of ether oxygens (including phenoxy) is 1. The number of carbonyl (C=O) groups excluding carboxylic acids is 1. The molecule has 0 N–H and O–H groups in total. The topological polar surface area (TPSA) is 87.5 Å². The van der Waals surface area contributed by atoms with Gasteiger partial charge in [0.2, 0.25) is 0 Å². The molecule has 1 aliphatic heterocycles. The number of hydrogen-bond donors (Lipinski definition) is 0. The molecule has 0 atom stereocenters. The van der Waals surface area contributed by atoms with Gasteiger partial charge >= 0.3 is 5.97 Å². The molecule has 0 radical (unpaired) electrons. The van der Waals surface area contributed by atoms with Crippen LogP contribution in [0.15, 0.2) is 0 Å². The van der Waals surface area contributed by atoms with Crippen molar-refractivity contribution in [3.63, 3.8) is 0 Å². The zero-order valence-corrected chi connectivity index (χ0v) is 13.0. The SMILES string of the molecule is N#CC1CCC(OC(=O)CCN2CCS(=O)(=O)CC2)CC1. The van der Waals surface area contributed by atoms with Crippen LogP contribution in [0.1, 0.15) is 32.1 Å². The highest BCUT2D eigenvalue weighted by molar-refractivity contribution is 7.91. The monoisotopic (exact) mass is 314 g/mol. The third-order valence-electron chi connectivity index (χ3n) is 4.22. The van der Waals surface area contributed by atoms with Gasteiger partial charge in [-0.1, -0.05) is 0 Å². The molecule has 0 amide bonds. The summed E-state index contributed by atoms with van der Waals surface area (Å²) in [6.45, 7) is 1.56. The van der Waals surface area contributed by atoms with Crippen molar-refractivity contribution in [1.29, 1.82) is 5.26 Å². The van der Waals surface area contributed by atoms with Gasteiger partial charge in [-0.15, -0.1) is 0 Å². The minimum absolute atomic E-state index is 0.0520. The van der Waals surface area contributed by atoms with Crippen molar-refractivity contribution in [1.82, 2.24) is 4.90 Å². The van der Waals surface area contributed by atoms with Gasteiger partial charge in [0, 0.05) is 25.6 Å². The maximum absolute atomic E-state index is 11.8. The second-order valence-corrected chi connectivity index (χ2v) is 8.14. The molecule has 7 heteroatoms. The smallest absolute Gasteiger partial charge is 0.307 e. The third-order valence-corrected chi connectivity index (χ3v) is 5.83. The van der Waals surface area contributed by atoms with Gasteiger partial charge < -0.3 is 9.64 Å². The Morgan fingerprint density at radius 3 is 2.38 bits per heavy atom. The molecule has 6 nitrogen and oxygen atoms in total. The van der Waals surface area contributed by atoms with E-state index in [1.54, 1.807) is 0 Å². The fraction of sp³-hybridized carbons (Fsp3) is 0.857. The predicted molar refractivity (Wildman–Crippen MR) is 77.2 cm³/mol. The van der Waals surface area contributed by atoms with Crippen molar-refractivity contribution < 1.29 is 17.9 Å². The minimum Gasteiger partial charge on any atom is -0.462 e. The molecule has 1 aliphatic carbocycles. The Morgan fingerprint density at radius 1 is 1.19 bits per heavy atom. The zero-order valence-electron chi connectivity index (χ0n) is 12.2. The van der Waals surface area contributed by atoms with Crippen molar-refractivity contribution in [2.24, 2.45) is 5.92 Å². The van der Waals surface area contributed by atoms with E-state index < -0.39 is 9.84 Å². The molecule has 1 saturated heterocycles. The number of hydrogen-bond acceptors (Lipinski definition) is 6. The first-order valence-corrected chi connectivity index (χ1v) is 9.32. The normalized spacial score (nSPS) is 29.5. The number of esters is 1. The number of carbonyl (C=O) groups is 1. The molecule has 1 saturated carbocycles. The number of rotatable bonds is 4. The third kappa shape index (κ3) is 5.29. The van der Waals surface area contributed by atoms with Crippen LogP contribution in [0.25, 0.3) is 0 Å². The summed E-state index contributed by atoms with van der Waals surface area (Å²) in [7, 11) is -2.87. The van der Waals surface area contributed by atoms with E-state index in [1.165, 1.54) is 0 Å². The number of nitrogens with zero attached hydrogens (tertiary/aromatic N) is 2. The van der Waals surface area contributed by atoms with Gasteiger partial charge in [-0.05, 0) is 25.7 Å². The molecule has 0 aromatic rings. The first kappa shape index (κ1) is 16.2. The molecule has 21 heavy (non-hydrogen) atoms. The predicted octanol–water partition coefficient (Wildman–Crippen LogP) is 0.732. The second-order valence-electron chi connectivity index (χ2n) is 5.84. The molecular formula is C14H22N2O4S. The van der Waals surface area contributed by atoms with Gasteiger partial charge in [0.25, 0.3) is 0 Å². The van der Waals surface area contributed by atoms with Crippen LogP contribution in [0.3, 0.4) is 0 Å². The van der Waals surface area contributed by atoms with Crippen molar-refractivity contribution in [3.8, 4) is 6.07 Å². The molecule has 0 aromatic carbocycles. The molecule has 0 aromatic heterocycles. The minimum atomic E-state index is -2.87. The fourth-order valence-corrected chi connectivity index (χ4v) is 4.05. The Morgan fingerprint density at radius 2 is 1.81 bits per heavy atom. The van der Waals surface area contributed by atoms with E-state index >= 15 is 0 Å². The van der Waals surface area contributed by atoms with Crippen molar-refractivity contribution in [3.05, 3.63) is 0 Å². The first-order chi connectivity index (χ1) is 9.98. The maximum atomic E-state index is 11.8. The molecule has 2 rings (SSSR count). The summed E-state index contributed by atoms with van der Waals surface area (Å²) in [5.41, 5.74) is 0. The van der Waals surface area contributed by atoms with Crippen LogP contribution in [-0.2, 0) is 19.4 Å². The van der Waals surface area contributed by atoms with Gasteiger partial charge in [0.15, 0.2) is 9.84 Å². The van der Waals surface area contributed by atoms with Crippen LogP contribution in [0.5, 0.6) is 0 Å². The van der Waals surface area contributed by atoms with E-state index in [1.807, 2.05) is 4.90 Å². The van der Waals surface area contributed by atoms with E-state index in [2.05, 4.69) is 6.07 Å². The molecule has 118 valence electrons. The second kappa shape index (κ2) is 7.23. The van der Waals surface area contributed by atoms with E-state index in [-0.39, 0.29) is 29.5 Å². The molecule has 1 heterocycles. The fourth-order valence-electron chi connectivity index (χ4n) is 2.78.